The number of rotatable bonds is 12. The highest BCUT2D eigenvalue weighted by Gasteiger charge is 2.39. The van der Waals surface area contributed by atoms with Gasteiger partial charge in [0.2, 0.25) is 0 Å². The summed E-state index contributed by atoms with van der Waals surface area (Å²) in [5.41, 5.74) is 0. The van der Waals surface area contributed by atoms with Gasteiger partial charge in [-0.05, 0) is 36.2 Å². The minimum absolute atomic E-state index is 0.814. The van der Waals surface area contributed by atoms with E-state index < -0.39 is 8.56 Å². The van der Waals surface area contributed by atoms with Gasteiger partial charge < -0.3 is 8.85 Å². The molecule has 0 aromatic heterocycles. The maximum atomic E-state index is 6.45. The summed E-state index contributed by atoms with van der Waals surface area (Å²) in [6, 6.07) is 9.64. The normalized spacial score (nSPS) is 11.8. The van der Waals surface area contributed by atoms with Crippen LogP contribution in [0.1, 0.15) is 59.3 Å². The maximum Gasteiger partial charge on any atom is 0.372 e. The molecule has 0 bridgehead atoms. The van der Waals surface area contributed by atoms with E-state index in [2.05, 4.69) is 61.0 Å². The molecule has 0 fully saturated rings. The number of hydrogen-bond donors (Lipinski definition) is 0. The molecule has 0 saturated heterocycles. The van der Waals surface area contributed by atoms with Crippen LogP contribution in [0.5, 0.6) is 0 Å². The van der Waals surface area contributed by atoms with Gasteiger partial charge in [0.1, 0.15) is 0 Å². The number of hydrogen-bond acceptors (Lipinski definition) is 2. The Morgan fingerprint density at radius 2 is 1.32 bits per heavy atom. The average Bonchev–Trinajstić information content (AvgIpc) is 2.53. The first-order valence-electron chi connectivity index (χ1n) is 8.72. The van der Waals surface area contributed by atoms with Crippen molar-refractivity contribution in [3.8, 4) is 0 Å². The summed E-state index contributed by atoms with van der Waals surface area (Å²) in [5.74, 6) is 0. The van der Waals surface area contributed by atoms with Crippen LogP contribution in [-0.2, 0) is 8.85 Å². The summed E-state index contributed by atoms with van der Waals surface area (Å²) >= 11 is 3.53. The highest BCUT2D eigenvalue weighted by Crippen LogP contribution is 2.20. The van der Waals surface area contributed by atoms with Crippen molar-refractivity contribution in [1.29, 1.82) is 0 Å². The van der Waals surface area contributed by atoms with Crippen molar-refractivity contribution < 1.29 is 8.85 Å². The summed E-state index contributed by atoms with van der Waals surface area (Å²) in [5, 5.41) is 1.27. The molecule has 126 valence electrons. The molecule has 2 nitrogen and oxygen atoms in total. The highest BCUT2D eigenvalue weighted by atomic mass is 79.9. The molecule has 0 atom stereocenters. The predicted octanol–water partition coefficient (Wildman–Crippen LogP) is 5.53. The van der Waals surface area contributed by atoms with Gasteiger partial charge >= 0.3 is 8.56 Å². The van der Waals surface area contributed by atoms with E-state index in [0.29, 0.717) is 0 Å². The van der Waals surface area contributed by atoms with Crippen molar-refractivity contribution in [3.63, 3.8) is 0 Å². The van der Waals surface area contributed by atoms with Gasteiger partial charge in [-0.1, -0.05) is 74.5 Å². The topological polar surface area (TPSA) is 18.5 Å². The summed E-state index contributed by atoms with van der Waals surface area (Å²) in [4.78, 5) is 0. The Kier molecular flexibility index (Phi) is 10.3. The van der Waals surface area contributed by atoms with Gasteiger partial charge in [-0.25, -0.2) is 0 Å². The molecule has 4 heteroatoms. The lowest BCUT2D eigenvalue weighted by Crippen LogP contribution is -2.54. The van der Waals surface area contributed by atoms with E-state index in [9.17, 15) is 0 Å². The summed E-state index contributed by atoms with van der Waals surface area (Å²) in [7, 11) is -2.31. The first-order chi connectivity index (χ1) is 10.7. The van der Waals surface area contributed by atoms with Crippen molar-refractivity contribution >= 4 is 29.7 Å². The number of benzene rings is 1. The first kappa shape index (κ1) is 19.9. The van der Waals surface area contributed by atoms with Crippen LogP contribution in [0.4, 0.5) is 0 Å². The number of unbranched alkanes of at least 4 members (excludes halogenated alkanes) is 3. The summed E-state index contributed by atoms with van der Waals surface area (Å²) < 4.78 is 14.0. The lowest BCUT2D eigenvalue weighted by atomic mass is 10.4. The van der Waals surface area contributed by atoms with E-state index in [1.807, 2.05) is 0 Å². The van der Waals surface area contributed by atoms with Gasteiger partial charge in [-0.3, -0.25) is 0 Å². The molecule has 1 aromatic rings. The third-order valence-electron chi connectivity index (χ3n) is 3.81. The fourth-order valence-corrected chi connectivity index (χ4v) is 6.07. The number of halogens is 1. The molecule has 0 aliphatic heterocycles. The first-order valence-corrected chi connectivity index (χ1v) is 11.5. The van der Waals surface area contributed by atoms with Crippen LogP contribution >= 0.6 is 15.9 Å². The quantitative estimate of drug-likeness (QED) is 0.347. The SMILES string of the molecule is CCCCO[Si](CCCC)(OCCCC)c1ccc(Br)cc1. The van der Waals surface area contributed by atoms with E-state index in [-0.39, 0.29) is 0 Å². The Morgan fingerprint density at radius 3 is 1.77 bits per heavy atom. The zero-order valence-corrected chi connectivity index (χ0v) is 17.0. The second kappa shape index (κ2) is 11.4. The zero-order chi connectivity index (χ0) is 16.3. The van der Waals surface area contributed by atoms with Gasteiger partial charge in [0, 0.05) is 17.7 Å². The highest BCUT2D eigenvalue weighted by molar-refractivity contribution is 9.10. The molecular weight excluding hydrogens is 356 g/mol. The summed E-state index contributed by atoms with van der Waals surface area (Å²) in [6.07, 6.45) is 6.88. The molecule has 0 N–H and O–H groups in total. The molecule has 1 rings (SSSR count). The van der Waals surface area contributed by atoms with Gasteiger partial charge in [0.05, 0.1) is 0 Å². The van der Waals surface area contributed by atoms with Crippen LogP contribution in [0.25, 0.3) is 0 Å². The standard InChI is InChI=1S/C18H31BrO2Si/c1-4-7-14-20-22(16-9-6-3,21-15-8-5-2)18-12-10-17(19)11-13-18/h10-13H,4-9,14-16H2,1-3H3. The van der Waals surface area contributed by atoms with Gasteiger partial charge in [-0.15, -0.1) is 0 Å². The molecule has 1 aromatic carbocycles. The van der Waals surface area contributed by atoms with Crippen molar-refractivity contribution in [3.05, 3.63) is 28.7 Å². The molecule has 0 unspecified atom stereocenters. The van der Waals surface area contributed by atoms with Crippen LogP contribution < -0.4 is 5.19 Å². The Labute approximate surface area is 146 Å². The molecule has 0 amide bonds. The lowest BCUT2D eigenvalue weighted by Gasteiger charge is -2.31. The Morgan fingerprint density at radius 1 is 0.818 bits per heavy atom. The largest absolute Gasteiger partial charge is 0.391 e. The molecule has 0 heterocycles. The fraction of sp³-hybridized carbons (Fsp3) is 0.667. The van der Waals surface area contributed by atoms with Crippen molar-refractivity contribution in [2.75, 3.05) is 13.2 Å². The van der Waals surface area contributed by atoms with Gasteiger partial charge in [-0.2, -0.15) is 0 Å². The molecule has 0 aliphatic carbocycles. The maximum absolute atomic E-state index is 6.45. The van der Waals surface area contributed by atoms with Crippen molar-refractivity contribution in [2.24, 2.45) is 0 Å². The van der Waals surface area contributed by atoms with Gasteiger partial charge in [0.15, 0.2) is 0 Å². The van der Waals surface area contributed by atoms with E-state index >= 15 is 0 Å². The minimum Gasteiger partial charge on any atom is -0.391 e. The molecule has 0 radical (unpaired) electrons. The second-order valence-corrected chi connectivity index (χ2v) is 9.84. The van der Waals surface area contributed by atoms with E-state index in [0.717, 1.165) is 49.4 Å². The third kappa shape index (κ3) is 6.53. The van der Waals surface area contributed by atoms with Crippen molar-refractivity contribution in [2.45, 2.75) is 65.3 Å². The predicted molar refractivity (Wildman–Crippen MR) is 101 cm³/mol. The Hall–Kier alpha value is -0.163. The molecule has 0 spiro atoms. The zero-order valence-electron chi connectivity index (χ0n) is 14.4. The molecular formula is C18H31BrO2Si. The Balaban J connectivity index is 2.96. The minimum atomic E-state index is -2.31. The average molecular weight is 387 g/mol. The summed E-state index contributed by atoms with van der Waals surface area (Å²) in [6.45, 7) is 8.27. The molecule has 0 aliphatic rings. The third-order valence-corrected chi connectivity index (χ3v) is 7.90. The van der Waals surface area contributed by atoms with Crippen LogP contribution in [0, 0.1) is 0 Å². The van der Waals surface area contributed by atoms with E-state index in [1.165, 1.54) is 18.0 Å². The van der Waals surface area contributed by atoms with E-state index in [1.54, 1.807) is 0 Å². The lowest BCUT2D eigenvalue weighted by molar-refractivity contribution is 0.174. The van der Waals surface area contributed by atoms with Crippen LogP contribution in [0.2, 0.25) is 6.04 Å². The van der Waals surface area contributed by atoms with E-state index in [4.69, 9.17) is 8.85 Å². The van der Waals surface area contributed by atoms with Crippen LogP contribution in [0.3, 0.4) is 0 Å². The van der Waals surface area contributed by atoms with Crippen molar-refractivity contribution in [1.82, 2.24) is 0 Å². The Bertz CT molecular complexity index is 385. The smallest absolute Gasteiger partial charge is 0.372 e. The van der Waals surface area contributed by atoms with Gasteiger partial charge in [0.25, 0.3) is 0 Å². The van der Waals surface area contributed by atoms with Crippen LogP contribution in [0.15, 0.2) is 28.7 Å². The second-order valence-electron chi connectivity index (χ2n) is 5.77. The van der Waals surface area contributed by atoms with Crippen LogP contribution in [-0.4, -0.2) is 21.8 Å². The molecule has 22 heavy (non-hydrogen) atoms. The monoisotopic (exact) mass is 386 g/mol. The molecule has 0 saturated carbocycles. The fourth-order valence-electron chi connectivity index (χ4n) is 2.37.